The van der Waals surface area contributed by atoms with Crippen LogP contribution in [0, 0.1) is 6.92 Å². The maximum absolute atomic E-state index is 11.9. The van der Waals surface area contributed by atoms with Crippen LogP contribution >= 0.6 is 0 Å². The molecule has 1 heterocycles. The third-order valence-corrected chi connectivity index (χ3v) is 3.47. The number of amides is 1. The number of hydrogen-bond donors (Lipinski definition) is 2. The molecule has 1 amide bonds. The van der Waals surface area contributed by atoms with Gasteiger partial charge in [-0.2, -0.15) is 0 Å². The van der Waals surface area contributed by atoms with Gasteiger partial charge in [0.1, 0.15) is 0 Å². The number of nitrogens with one attached hydrogen (secondary N) is 2. The minimum Gasteiger partial charge on any atom is -0.361 e. The number of H-pyrrole nitrogens is 1. The van der Waals surface area contributed by atoms with Gasteiger partial charge < -0.3 is 10.3 Å². The topological polar surface area (TPSA) is 44.9 Å². The number of aromatic nitrogens is 1. The van der Waals surface area contributed by atoms with Crippen LogP contribution in [0.15, 0.2) is 37.1 Å². The van der Waals surface area contributed by atoms with Crippen molar-refractivity contribution in [3.8, 4) is 0 Å². The van der Waals surface area contributed by atoms with Gasteiger partial charge in [-0.15, -0.1) is 6.58 Å². The van der Waals surface area contributed by atoms with E-state index < -0.39 is 0 Å². The second-order valence-corrected chi connectivity index (χ2v) is 5.36. The zero-order chi connectivity index (χ0) is 14.5. The molecule has 0 saturated carbocycles. The van der Waals surface area contributed by atoms with Crippen molar-refractivity contribution in [1.29, 1.82) is 0 Å². The van der Waals surface area contributed by atoms with Crippen LogP contribution in [0.1, 0.15) is 30.9 Å². The summed E-state index contributed by atoms with van der Waals surface area (Å²) in [5.74, 6) is 0.0985. The molecule has 0 aliphatic rings. The van der Waals surface area contributed by atoms with Crippen molar-refractivity contribution in [2.24, 2.45) is 0 Å². The van der Waals surface area contributed by atoms with Crippen LogP contribution in [0.3, 0.4) is 0 Å². The third kappa shape index (κ3) is 3.50. The molecule has 2 aromatic rings. The fourth-order valence-corrected chi connectivity index (χ4v) is 2.40. The fourth-order valence-electron chi connectivity index (χ4n) is 2.40. The number of fused-ring (bicyclic) bond motifs is 1. The van der Waals surface area contributed by atoms with Crippen LogP contribution in [0.2, 0.25) is 0 Å². The van der Waals surface area contributed by atoms with Gasteiger partial charge in [-0.3, -0.25) is 4.79 Å². The first-order chi connectivity index (χ1) is 9.60. The van der Waals surface area contributed by atoms with Crippen molar-refractivity contribution >= 4 is 16.8 Å². The number of benzene rings is 1. The smallest absolute Gasteiger partial charge is 0.220 e. The second kappa shape index (κ2) is 6.42. The van der Waals surface area contributed by atoms with Crippen molar-refractivity contribution < 1.29 is 4.79 Å². The van der Waals surface area contributed by atoms with Crippen LogP contribution < -0.4 is 5.32 Å². The quantitative estimate of drug-likeness (QED) is 0.775. The molecule has 3 nitrogen and oxygen atoms in total. The lowest BCUT2D eigenvalue weighted by atomic mass is 10.1. The number of aryl methyl sites for hydroxylation is 2. The van der Waals surface area contributed by atoms with E-state index in [2.05, 4.69) is 42.0 Å². The van der Waals surface area contributed by atoms with Crippen LogP contribution in [0.25, 0.3) is 10.9 Å². The van der Waals surface area contributed by atoms with Gasteiger partial charge in [0.25, 0.3) is 0 Å². The Morgan fingerprint density at radius 2 is 2.30 bits per heavy atom. The molecule has 2 rings (SSSR count). The van der Waals surface area contributed by atoms with Gasteiger partial charge in [0.15, 0.2) is 0 Å². The Morgan fingerprint density at radius 3 is 3.05 bits per heavy atom. The molecule has 1 aromatic carbocycles. The lowest BCUT2D eigenvalue weighted by molar-refractivity contribution is -0.121. The number of hydrogen-bond acceptors (Lipinski definition) is 1. The van der Waals surface area contributed by atoms with Gasteiger partial charge >= 0.3 is 0 Å². The summed E-state index contributed by atoms with van der Waals surface area (Å²) in [7, 11) is 0. The van der Waals surface area contributed by atoms with Crippen molar-refractivity contribution in [3.63, 3.8) is 0 Å². The lowest BCUT2D eigenvalue weighted by Gasteiger charge is -2.11. The molecular formula is C17H22N2O. The minimum absolute atomic E-state index is 0.0985. The van der Waals surface area contributed by atoms with Gasteiger partial charge in [-0.1, -0.05) is 17.7 Å². The van der Waals surface area contributed by atoms with Crippen LogP contribution in [-0.4, -0.2) is 16.9 Å². The molecule has 0 spiro atoms. The van der Waals surface area contributed by atoms with E-state index >= 15 is 0 Å². The first kappa shape index (κ1) is 14.4. The highest BCUT2D eigenvalue weighted by molar-refractivity contribution is 5.84. The van der Waals surface area contributed by atoms with Gasteiger partial charge in [0.05, 0.1) is 0 Å². The van der Waals surface area contributed by atoms with E-state index in [9.17, 15) is 4.79 Å². The molecule has 20 heavy (non-hydrogen) atoms. The van der Waals surface area contributed by atoms with Crippen LogP contribution in [-0.2, 0) is 11.2 Å². The Hall–Kier alpha value is -2.03. The maximum Gasteiger partial charge on any atom is 0.220 e. The zero-order valence-corrected chi connectivity index (χ0v) is 12.2. The molecule has 0 aliphatic carbocycles. The van der Waals surface area contributed by atoms with Crippen molar-refractivity contribution in [3.05, 3.63) is 48.2 Å². The molecule has 3 heteroatoms. The average molecular weight is 270 g/mol. The average Bonchev–Trinajstić information content (AvgIpc) is 2.79. The highest BCUT2D eigenvalue weighted by atomic mass is 16.1. The summed E-state index contributed by atoms with van der Waals surface area (Å²) in [6, 6.07) is 6.50. The molecule has 0 saturated heterocycles. The standard InChI is InChI=1S/C17H22N2O/c1-4-5-13(3)19-17(20)9-7-14-11-18-16-8-6-12(2)10-15(14)16/h4,6,8,10-11,13,18H,1,5,7,9H2,2-3H3,(H,19,20)/t13-/m0/s1. The van der Waals surface area contributed by atoms with E-state index in [0.717, 1.165) is 18.4 Å². The SMILES string of the molecule is C=CC[C@H](C)NC(=O)CCc1c[nH]c2ccc(C)cc12. The summed E-state index contributed by atoms with van der Waals surface area (Å²) in [6.45, 7) is 7.76. The van der Waals surface area contributed by atoms with Crippen molar-refractivity contribution in [2.75, 3.05) is 0 Å². The van der Waals surface area contributed by atoms with Gasteiger partial charge in [0, 0.05) is 29.6 Å². The molecule has 106 valence electrons. The van der Waals surface area contributed by atoms with E-state index in [1.807, 2.05) is 19.2 Å². The van der Waals surface area contributed by atoms with Gasteiger partial charge in [-0.25, -0.2) is 0 Å². The summed E-state index contributed by atoms with van der Waals surface area (Å²) in [5, 5.41) is 4.20. The maximum atomic E-state index is 11.9. The molecule has 2 N–H and O–H groups in total. The Balaban J connectivity index is 1.97. The highest BCUT2D eigenvalue weighted by Gasteiger charge is 2.09. The molecule has 1 aromatic heterocycles. The number of rotatable bonds is 6. The molecule has 0 unspecified atom stereocenters. The lowest BCUT2D eigenvalue weighted by Crippen LogP contribution is -2.32. The van der Waals surface area contributed by atoms with E-state index in [0.29, 0.717) is 6.42 Å². The summed E-state index contributed by atoms with van der Waals surface area (Å²) in [5.41, 5.74) is 3.57. The summed E-state index contributed by atoms with van der Waals surface area (Å²) in [4.78, 5) is 15.1. The van der Waals surface area contributed by atoms with Gasteiger partial charge in [0.2, 0.25) is 5.91 Å². The Bertz CT molecular complexity index is 612. The Labute approximate surface area is 120 Å². The minimum atomic E-state index is 0.0985. The second-order valence-electron chi connectivity index (χ2n) is 5.36. The van der Waals surface area contributed by atoms with Crippen molar-refractivity contribution in [2.45, 2.75) is 39.2 Å². The molecule has 0 radical (unpaired) electrons. The molecular weight excluding hydrogens is 248 g/mol. The Morgan fingerprint density at radius 1 is 1.50 bits per heavy atom. The van der Waals surface area contributed by atoms with Gasteiger partial charge in [-0.05, 0) is 44.4 Å². The van der Waals surface area contributed by atoms with Crippen LogP contribution in [0.5, 0.6) is 0 Å². The summed E-state index contributed by atoms with van der Waals surface area (Å²) >= 11 is 0. The van der Waals surface area contributed by atoms with E-state index in [4.69, 9.17) is 0 Å². The van der Waals surface area contributed by atoms with E-state index in [-0.39, 0.29) is 11.9 Å². The first-order valence-electron chi connectivity index (χ1n) is 7.07. The fraction of sp³-hybridized carbons (Fsp3) is 0.353. The van der Waals surface area contributed by atoms with E-state index in [1.54, 1.807) is 0 Å². The largest absolute Gasteiger partial charge is 0.361 e. The summed E-state index contributed by atoms with van der Waals surface area (Å²) in [6.07, 6.45) is 5.91. The van der Waals surface area contributed by atoms with E-state index in [1.165, 1.54) is 16.5 Å². The normalized spacial score (nSPS) is 12.3. The zero-order valence-electron chi connectivity index (χ0n) is 12.2. The number of aromatic amines is 1. The molecule has 0 bridgehead atoms. The number of carbonyl (C=O) groups is 1. The monoisotopic (exact) mass is 270 g/mol. The van der Waals surface area contributed by atoms with Crippen LogP contribution in [0.4, 0.5) is 0 Å². The predicted octanol–water partition coefficient (Wildman–Crippen LogP) is 3.49. The summed E-state index contributed by atoms with van der Waals surface area (Å²) < 4.78 is 0. The predicted molar refractivity (Wildman–Crippen MR) is 83.8 cm³/mol. The first-order valence-corrected chi connectivity index (χ1v) is 7.07. The Kier molecular flexibility index (Phi) is 4.61. The van der Waals surface area contributed by atoms with Crippen molar-refractivity contribution in [1.82, 2.24) is 10.3 Å². The molecule has 1 atom stereocenters. The highest BCUT2D eigenvalue weighted by Crippen LogP contribution is 2.20. The number of carbonyl (C=O) groups excluding carboxylic acids is 1. The third-order valence-electron chi connectivity index (χ3n) is 3.47. The molecule has 0 aliphatic heterocycles. The molecule has 0 fully saturated rings.